The first-order valence-corrected chi connectivity index (χ1v) is 11.2. The highest BCUT2D eigenvalue weighted by molar-refractivity contribution is 5.85. The molecule has 2 atom stereocenters. The van der Waals surface area contributed by atoms with E-state index in [1.165, 1.54) is 6.92 Å². The van der Waals surface area contributed by atoms with Crippen molar-refractivity contribution in [3.63, 3.8) is 0 Å². The largest absolute Gasteiger partial charge is 0.492 e. The lowest BCUT2D eigenvalue weighted by Gasteiger charge is -2.39. The Kier molecular flexibility index (Phi) is 6.75. The summed E-state index contributed by atoms with van der Waals surface area (Å²) >= 11 is 0. The second-order valence-electron chi connectivity index (χ2n) is 7.93. The summed E-state index contributed by atoms with van der Waals surface area (Å²) in [5.41, 5.74) is 2.93. The summed E-state index contributed by atoms with van der Waals surface area (Å²) in [5.74, 6) is 1.48. The van der Waals surface area contributed by atoms with Gasteiger partial charge in [-0.2, -0.15) is 10.4 Å². The Morgan fingerprint density at radius 1 is 1.30 bits per heavy atom. The Labute approximate surface area is 192 Å². The highest BCUT2D eigenvalue weighted by Gasteiger charge is 2.31. The van der Waals surface area contributed by atoms with Gasteiger partial charge in [0.1, 0.15) is 17.6 Å². The minimum Gasteiger partial charge on any atom is -0.492 e. The van der Waals surface area contributed by atoms with Crippen LogP contribution in [0.25, 0.3) is 16.6 Å². The van der Waals surface area contributed by atoms with Crippen LogP contribution >= 0.6 is 0 Å². The Morgan fingerprint density at radius 2 is 2.15 bits per heavy atom. The van der Waals surface area contributed by atoms with Gasteiger partial charge in [-0.1, -0.05) is 0 Å². The number of carbonyl (C=O) groups excluding carboxylic acids is 1. The van der Waals surface area contributed by atoms with E-state index < -0.39 is 0 Å². The van der Waals surface area contributed by atoms with Gasteiger partial charge in [0.15, 0.2) is 0 Å². The molecule has 1 saturated heterocycles. The molecule has 0 spiro atoms. The van der Waals surface area contributed by atoms with Gasteiger partial charge in [0.2, 0.25) is 5.91 Å². The topological polar surface area (TPSA) is 105 Å². The van der Waals surface area contributed by atoms with E-state index in [0.29, 0.717) is 31.1 Å². The summed E-state index contributed by atoms with van der Waals surface area (Å²) in [5, 5.41) is 16.8. The van der Waals surface area contributed by atoms with Gasteiger partial charge in [-0.05, 0) is 38.5 Å². The molecule has 1 amide bonds. The summed E-state index contributed by atoms with van der Waals surface area (Å²) in [7, 11) is 0. The third-order valence-electron chi connectivity index (χ3n) is 5.73. The summed E-state index contributed by atoms with van der Waals surface area (Å²) in [6.07, 6.45) is 5.83. The third-order valence-corrected chi connectivity index (χ3v) is 5.73. The van der Waals surface area contributed by atoms with Crippen molar-refractivity contribution in [1.82, 2.24) is 19.9 Å². The zero-order valence-corrected chi connectivity index (χ0v) is 19.1. The fourth-order valence-electron chi connectivity index (χ4n) is 4.31. The zero-order chi connectivity index (χ0) is 23.4. The van der Waals surface area contributed by atoms with E-state index in [2.05, 4.69) is 21.4 Å². The van der Waals surface area contributed by atoms with Gasteiger partial charge < -0.3 is 19.7 Å². The predicted molar refractivity (Wildman–Crippen MR) is 124 cm³/mol. The number of piperidine rings is 1. The number of nitriles is 1. The van der Waals surface area contributed by atoms with E-state index >= 15 is 0 Å². The molecule has 1 aliphatic heterocycles. The maximum atomic E-state index is 11.5. The van der Waals surface area contributed by atoms with Crippen LogP contribution in [-0.4, -0.2) is 59.0 Å². The first-order valence-electron chi connectivity index (χ1n) is 11.2. The summed E-state index contributed by atoms with van der Waals surface area (Å²) in [4.78, 5) is 18.4. The van der Waals surface area contributed by atoms with Gasteiger partial charge >= 0.3 is 0 Å². The summed E-state index contributed by atoms with van der Waals surface area (Å²) in [6, 6.07) is 8.10. The van der Waals surface area contributed by atoms with Crippen LogP contribution in [0.5, 0.6) is 5.75 Å². The lowest BCUT2D eigenvalue weighted by Crippen LogP contribution is -2.55. The van der Waals surface area contributed by atoms with Crippen LogP contribution in [0.2, 0.25) is 0 Å². The van der Waals surface area contributed by atoms with Crippen LogP contribution in [0, 0.1) is 11.3 Å². The number of ether oxygens (including phenoxy) is 2. The number of anilines is 1. The molecule has 1 N–H and O–H groups in total. The number of nitrogens with zero attached hydrogens (tertiary/aromatic N) is 5. The molecule has 0 aromatic carbocycles. The van der Waals surface area contributed by atoms with Crippen LogP contribution in [0.1, 0.15) is 32.8 Å². The molecule has 9 nitrogen and oxygen atoms in total. The molecular weight excluding hydrogens is 420 g/mol. The fraction of sp³-hybridized carbons (Fsp3) is 0.417. The number of carbonyl (C=O) groups is 1. The summed E-state index contributed by atoms with van der Waals surface area (Å²) < 4.78 is 13.3. The van der Waals surface area contributed by atoms with Crippen molar-refractivity contribution in [3.05, 3.63) is 42.4 Å². The van der Waals surface area contributed by atoms with E-state index in [4.69, 9.17) is 14.5 Å². The third kappa shape index (κ3) is 4.76. The van der Waals surface area contributed by atoms with Gasteiger partial charge in [0.05, 0.1) is 42.2 Å². The molecule has 1 fully saturated rings. The SMILES string of the molecule is CCOc1cc(-c2ccc(N3CCC(NC(C)=O)C(OCC)C3)nc2)c2c(C#N)cnn2c1. The number of hydrogen-bond acceptors (Lipinski definition) is 7. The monoisotopic (exact) mass is 448 g/mol. The molecule has 0 aliphatic carbocycles. The second kappa shape index (κ2) is 9.88. The van der Waals surface area contributed by atoms with E-state index in [1.54, 1.807) is 16.9 Å². The Hall–Kier alpha value is -3.64. The van der Waals surface area contributed by atoms with Crippen molar-refractivity contribution in [2.24, 2.45) is 0 Å². The van der Waals surface area contributed by atoms with E-state index in [-0.39, 0.29) is 18.1 Å². The van der Waals surface area contributed by atoms with Gasteiger partial charge in [-0.15, -0.1) is 0 Å². The minimum atomic E-state index is -0.0957. The number of nitrogens with one attached hydrogen (secondary N) is 1. The normalized spacial score (nSPS) is 18.2. The van der Waals surface area contributed by atoms with E-state index in [9.17, 15) is 10.1 Å². The quantitative estimate of drug-likeness (QED) is 0.593. The maximum absolute atomic E-state index is 11.5. The molecule has 3 aromatic rings. The second-order valence-corrected chi connectivity index (χ2v) is 7.93. The molecule has 4 rings (SSSR count). The highest BCUT2D eigenvalue weighted by Crippen LogP contribution is 2.31. The molecule has 2 unspecified atom stereocenters. The molecule has 0 bridgehead atoms. The Balaban J connectivity index is 1.61. The van der Waals surface area contributed by atoms with Crippen molar-refractivity contribution in [2.75, 3.05) is 31.2 Å². The average molecular weight is 449 g/mol. The summed E-state index contributed by atoms with van der Waals surface area (Å²) in [6.45, 7) is 7.95. The molecule has 3 aromatic heterocycles. The first-order chi connectivity index (χ1) is 16.0. The van der Waals surface area contributed by atoms with Crippen molar-refractivity contribution in [3.8, 4) is 22.9 Å². The number of hydrogen-bond donors (Lipinski definition) is 1. The zero-order valence-electron chi connectivity index (χ0n) is 19.1. The number of amides is 1. The van der Waals surface area contributed by atoms with Crippen LogP contribution in [0.4, 0.5) is 5.82 Å². The lowest BCUT2D eigenvalue weighted by molar-refractivity contribution is -0.121. The van der Waals surface area contributed by atoms with E-state index in [0.717, 1.165) is 35.4 Å². The average Bonchev–Trinajstić information content (AvgIpc) is 3.23. The Bertz CT molecular complexity index is 1170. The van der Waals surface area contributed by atoms with Crippen molar-refractivity contribution < 1.29 is 14.3 Å². The number of aromatic nitrogens is 3. The molecular formula is C24H28N6O3. The highest BCUT2D eigenvalue weighted by atomic mass is 16.5. The molecule has 0 saturated carbocycles. The Morgan fingerprint density at radius 3 is 2.82 bits per heavy atom. The first kappa shape index (κ1) is 22.6. The lowest BCUT2D eigenvalue weighted by atomic mass is 10.0. The standard InChI is InChI=1S/C24H28N6O3/c1-4-32-19-10-20(24-18(11-25)13-27-30(24)14-19)17-6-7-23(26-12-17)29-9-8-21(28-16(3)31)22(15-29)33-5-2/h6-7,10,12-14,21-22H,4-5,8-9,15H2,1-3H3,(H,28,31). The molecule has 33 heavy (non-hydrogen) atoms. The van der Waals surface area contributed by atoms with E-state index in [1.807, 2.05) is 38.2 Å². The van der Waals surface area contributed by atoms with Crippen molar-refractivity contribution in [2.45, 2.75) is 39.3 Å². The van der Waals surface area contributed by atoms with Crippen LogP contribution in [0.3, 0.4) is 0 Å². The smallest absolute Gasteiger partial charge is 0.217 e. The van der Waals surface area contributed by atoms with Crippen molar-refractivity contribution in [1.29, 1.82) is 5.26 Å². The molecule has 0 radical (unpaired) electrons. The van der Waals surface area contributed by atoms with Crippen LogP contribution < -0.4 is 15.0 Å². The maximum Gasteiger partial charge on any atom is 0.217 e. The van der Waals surface area contributed by atoms with Gasteiger partial charge in [-0.25, -0.2) is 9.50 Å². The molecule has 1 aliphatic rings. The minimum absolute atomic E-state index is 0.00108. The molecule has 172 valence electrons. The van der Waals surface area contributed by atoms with Crippen molar-refractivity contribution >= 4 is 17.2 Å². The number of pyridine rings is 2. The van der Waals surface area contributed by atoms with Gasteiger partial charge in [-0.3, -0.25) is 4.79 Å². The van der Waals surface area contributed by atoms with Gasteiger partial charge in [0, 0.05) is 43.9 Å². The van der Waals surface area contributed by atoms with Gasteiger partial charge in [0.25, 0.3) is 0 Å². The van der Waals surface area contributed by atoms with Crippen LogP contribution in [-0.2, 0) is 9.53 Å². The molecule has 9 heteroatoms. The molecule has 4 heterocycles. The van der Waals surface area contributed by atoms with Crippen LogP contribution in [0.15, 0.2) is 36.8 Å². The number of fused-ring (bicyclic) bond motifs is 1. The number of rotatable bonds is 7. The predicted octanol–water partition coefficient (Wildman–Crippen LogP) is 2.79. The fourth-order valence-corrected chi connectivity index (χ4v) is 4.31.